The van der Waals surface area contributed by atoms with Gasteiger partial charge in [0.1, 0.15) is 40.5 Å². The monoisotopic (exact) mass is 2150 g/mol. The van der Waals surface area contributed by atoms with E-state index in [1.54, 1.807) is 63.2 Å². The summed E-state index contributed by atoms with van der Waals surface area (Å²) in [6, 6.07) is 45.8. The molecule has 1 amide bonds. The highest BCUT2D eigenvalue weighted by Crippen LogP contribution is 2.37. The third-order valence-electron chi connectivity index (χ3n) is 27.4. The summed E-state index contributed by atoms with van der Waals surface area (Å²) in [4.78, 5) is 113. The molecule has 0 aromatic heterocycles. The Labute approximate surface area is 907 Å². The minimum atomic E-state index is -4.41. The predicted octanol–water partition coefficient (Wildman–Crippen LogP) is 22.7. The minimum absolute atomic E-state index is 0.00297. The number of Topliss-reactive ketones (excluding diaryl/α,β-unsaturated/α-hetero) is 7. The lowest BCUT2D eigenvalue weighted by Gasteiger charge is -2.36. The van der Waals surface area contributed by atoms with Gasteiger partial charge in [-0.3, -0.25) is 48.2 Å². The van der Waals surface area contributed by atoms with Crippen molar-refractivity contribution in [3.05, 3.63) is 233 Å². The van der Waals surface area contributed by atoms with Crippen molar-refractivity contribution < 1.29 is 74.9 Å². The third kappa shape index (κ3) is 45.3. The molecule has 7 aromatic carbocycles. The maximum Gasteiger partial charge on any atom is 0.416 e. The first-order valence-electron chi connectivity index (χ1n) is 53.0. The van der Waals surface area contributed by atoms with Crippen molar-refractivity contribution in [1.82, 2.24) is 50.7 Å². The normalized spacial score (nSPS) is 16.5. The fraction of sp³-hybridized carbons (Fsp3) is 0.580. The second-order valence-electron chi connectivity index (χ2n) is 43.4. The summed E-state index contributed by atoms with van der Waals surface area (Å²) in [6.45, 7) is 52.1. The predicted molar refractivity (Wildman–Crippen MR) is 598 cm³/mol. The first-order valence-corrected chi connectivity index (χ1v) is 54.5. The van der Waals surface area contributed by atoms with Gasteiger partial charge < -0.3 is 55.4 Å². The van der Waals surface area contributed by atoms with Crippen LogP contribution in [0.5, 0.6) is 11.5 Å². The summed E-state index contributed by atoms with van der Waals surface area (Å²) in [6.07, 6.45) is 0.842. The number of methoxy groups -OCH3 is 2. The number of benzene rings is 7. The number of β-amino-alcohol motifs (C(OH)–C–C–N with tert-alkyl or cyclic N) is 1. The number of amides is 1. The van der Waals surface area contributed by atoms with Crippen LogP contribution in [0, 0.1) is 60.0 Å². The zero-order valence-corrected chi connectivity index (χ0v) is 96.5. The zero-order chi connectivity index (χ0) is 112. The molecule has 4 aliphatic heterocycles. The van der Waals surface area contributed by atoms with Crippen LogP contribution in [0.3, 0.4) is 0 Å². The van der Waals surface area contributed by atoms with E-state index in [4.69, 9.17) is 55.9 Å². The lowest BCUT2D eigenvalue weighted by molar-refractivity contribution is -0.138. The number of carbonyl (C=O) groups is 8. The Hall–Kier alpha value is -8.29. The van der Waals surface area contributed by atoms with E-state index >= 15 is 0 Å². The molecule has 0 unspecified atom stereocenters. The number of aliphatic hydroxyl groups is 1. The Kier molecular flexibility index (Phi) is 57.6. The van der Waals surface area contributed by atoms with Gasteiger partial charge >= 0.3 is 6.18 Å². The molecule has 828 valence electrons. The van der Waals surface area contributed by atoms with E-state index in [0.29, 0.717) is 109 Å². The highest BCUT2D eigenvalue weighted by atomic mass is 35.5. The molecule has 7 aromatic rings. The van der Waals surface area contributed by atoms with Gasteiger partial charge in [-0.1, -0.05) is 257 Å². The largest absolute Gasteiger partial charge is 0.494 e. The number of carbonyl (C=O) groups excluding carboxylic acids is 8. The molecule has 149 heavy (non-hydrogen) atoms. The smallest absolute Gasteiger partial charge is 0.416 e. The molecular formula is C119H173Cl4F5N10O11. The zero-order valence-electron chi connectivity index (χ0n) is 93.4. The molecule has 21 nitrogen and oxygen atoms in total. The average molecular weight is 2160 g/mol. The second kappa shape index (κ2) is 65.4. The summed E-state index contributed by atoms with van der Waals surface area (Å²) in [5, 5.41) is 24.9. The lowest BCUT2D eigenvalue weighted by atomic mass is 9.87. The van der Waals surface area contributed by atoms with Crippen LogP contribution >= 0.6 is 46.4 Å². The van der Waals surface area contributed by atoms with E-state index in [0.717, 1.165) is 109 Å². The summed E-state index contributed by atoms with van der Waals surface area (Å²) in [5.41, 5.74) is 5.86. The number of hydrogen-bond acceptors (Lipinski definition) is 20. The van der Waals surface area contributed by atoms with Crippen molar-refractivity contribution in [2.24, 2.45) is 41.4 Å². The first-order chi connectivity index (χ1) is 69.9. The number of nitrogens with zero attached hydrogens (tertiary/aromatic N) is 6. The number of ketones is 7. The van der Waals surface area contributed by atoms with Crippen LogP contribution in [0.1, 0.15) is 262 Å². The molecule has 0 aliphatic carbocycles. The summed E-state index contributed by atoms with van der Waals surface area (Å²) in [7, 11) is 11.5. The van der Waals surface area contributed by atoms with Crippen LogP contribution in [0.25, 0.3) is 0 Å². The van der Waals surface area contributed by atoms with E-state index < -0.39 is 29.3 Å². The summed E-state index contributed by atoms with van der Waals surface area (Å²) < 4.78 is 76.2. The number of nitrogens with one attached hydrogen (secondary N) is 4. The minimum Gasteiger partial charge on any atom is -0.494 e. The number of piperazine rings is 1. The van der Waals surface area contributed by atoms with Gasteiger partial charge in [0.15, 0.2) is 23.1 Å². The molecular weight excluding hydrogens is 1980 g/mol. The molecule has 0 radical (unpaired) electrons. The quantitative estimate of drug-likeness (QED) is 0.0223. The van der Waals surface area contributed by atoms with Gasteiger partial charge in [-0.05, 0) is 217 Å². The standard InChI is InChI=1S/2C19H29ClN2O.C17H24F3NO.C16H21ClN2O2.C16H22ClNO2.2C16H24FNO2/c2*1-14(2)19(23)18(15-5-7-16(20)8-6-15)13-22-11-9-17(10-12-22)21(3)4;1-10(2)16(22)15(9-21-11(3)4)13-6-12(5)7-14(8-13)17(18,19)20;1-11(2)16(21)14(12-3-5-13(17)6-4-12)9-19-8-7-18-15(20)10-19;1-11(2)16(20)15(10-18-8-7-14(19)9-18)12-3-5-13(17)6-4-12;1-10(2)16(19)13(9-18-11(3)4)12-6-7-15(20-5)14(17)8-12;1-10(2)16(19)13(9-18-11(3)4)12-6-7-14(17)15(8-12)20-5/h2*5-8,14,17-18H,9-13H2,1-4H3;6-8,10-11,15,21H,9H2,1-5H3;3-6,11,14H,7-10H2,1-2H3,(H,18,20);3-6,11,14-15,19H,7-10H2,1-2H3;2*6-8,10-11,13,18H,9H2,1-5H3/t2*18-;15-;14-;14-,15+;2*13-/m1010111/s1. The van der Waals surface area contributed by atoms with Gasteiger partial charge in [-0.2, -0.15) is 13.2 Å². The average Bonchev–Trinajstić information content (AvgIpc) is 1.26. The SMILES string of the molecule is CC(C)C(=O)[C@@H](CN1CCC(N(C)C)CC1)c1ccc(Cl)cc1.CC(C)C(=O)[C@@H](CN1CCNC(=O)C1)c1ccc(Cl)cc1.CC(C)C(=O)[C@@H](CN1CC[C@@H](O)C1)c1ccc(Cl)cc1.CC(C)C(=O)[C@H](CN1CCC(N(C)C)CC1)c1ccc(Cl)cc1.COc1cc([C@@H](CNC(C)C)C(=O)C(C)C)ccc1F.COc1ccc([C@@H](CNC(C)C)C(=O)C(C)C)cc1F.Cc1cc([C@@H](CNC(C)C)C(=O)C(C)C)cc(C(F)(F)F)c1. The fourth-order valence-corrected chi connectivity index (χ4v) is 18.8. The van der Waals surface area contributed by atoms with Crippen LogP contribution < -0.4 is 30.7 Å². The number of aryl methyl sites for hydroxylation is 1. The number of aliphatic hydroxyl groups excluding tert-OH is 1. The van der Waals surface area contributed by atoms with Crippen molar-refractivity contribution >= 4 is 92.8 Å². The van der Waals surface area contributed by atoms with E-state index in [1.807, 2.05) is 214 Å². The Morgan fingerprint density at radius 1 is 0.376 bits per heavy atom. The topological polar surface area (TPSA) is 243 Å². The number of hydrogen-bond donors (Lipinski definition) is 5. The summed E-state index contributed by atoms with van der Waals surface area (Å²) >= 11 is 23.8. The number of rotatable bonds is 42. The van der Waals surface area contributed by atoms with Crippen LogP contribution in [0.4, 0.5) is 22.0 Å². The van der Waals surface area contributed by atoms with Crippen LogP contribution in [0.15, 0.2) is 152 Å². The molecule has 0 spiro atoms. The van der Waals surface area contributed by atoms with Gasteiger partial charge in [0, 0.05) is 164 Å². The number of ether oxygens (including phenoxy) is 2. The Morgan fingerprint density at radius 3 is 0.960 bits per heavy atom. The molecule has 11 rings (SSSR count). The van der Waals surface area contributed by atoms with Crippen molar-refractivity contribution in [2.75, 3.05) is 147 Å². The van der Waals surface area contributed by atoms with E-state index in [-0.39, 0.29) is 141 Å². The molecule has 5 N–H and O–H groups in total. The number of halogens is 9. The Bertz CT molecular complexity index is 5130. The Balaban J connectivity index is 0.000000306. The lowest BCUT2D eigenvalue weighted by Crippen LogP contribution is -2.49. The molecule has 4 saturated heterocycles. The van der Waals surface area contributed by atoms with Gasteiger partial charge in [0.25, 0.3) is 0 Å². The Morgan fingerprint density at radius 2 is 0.671 bits per heavy atom. The molecule has 0 saturated carbocycles. The van der Waals surface area contributed by atoms with E-state index in [1.165, 1.54) is 52.0 Å². The van der Waals surface area contributed by atoms with Crippen LogP contribution in [-0.2, 0) is 44.5 Å². The van der Waals surface area contributed by atoms with Gasteiger partial charge in [0.05, 0.1) is 73.9 Å². The second-order valence-corrected chi connectivity index (χ2v) is 45.1. The van der Waals surface area contributed by atoms with Crippen LogP contribution in [-0.4, -0.2) is 264 Å². The summed E-state index contributed by atoms with van der Waals surface area (Å²) in [5.74, 6) is -1.12. The number of piperidine rings is 2. The highest BCUT2D eigenvalue weighted by Gasteiger charge is 2.37. The third-order valence-corrected chi connectivity index (χ3v) is 28.4. The van der Waals surface area contributed by atoms with E-state index in [2.05, 4.69) is 74.0 Å². The van der Waals surface area contributed by atoms with Crippen molar-refractivity contribution in [3.8, 4) is 11.5 Å². The van der Waals surface area contributed by atoms with Gasteiger partial charge in [-0.25, -0.2) is 8.78 Å². The number of alkyl halides is 3. The highest BCUT2D eigenvalue weighted by molar-refractivity contribution is 6.31. The molecule has 0 bridgehead atoms. The van der Waals surface area contributed by atoms with Crippen molar-refractivity contribution in [1.29, 1.82) is 0 Å². The maximum absolute atomic E-state index is 13.8. The molecule has 4 fully saturated rings. The molecule has 30 heteroatoms. The van der Waals surface area contributed by atoms with E-state index in [9.17, 15) is 65.4 Å². The van der Waals surface area contributed by atoms with Crippen molar-refractivity contribution in [2.45, 2.75) is 261 Å². The molecule has 4 aliphatic rings. The number of likely N-dealkylation sites (tertiary alicyclic amines) is 3. The van der Waals surface area contributed by atoms with Crippen LogP contribution in [0.2, 0.25) is 20.1 Å². The maximum atomic E-state index is 13.8. The fourth-order valence-electron chi connectivity index (χ4n) is 18.3. The van der Waals surface area contributed by atoms with Crippen molar-refractivity contribution in [3.63, 3.8) is 0 Å². The first kappa shape index (κ1) is 131. The molecule has 8 atom stereocenters. The van der Waals surface area contributed by atoms with Gasteiger partial charge in [0.2, 0.25) is 5.91 Å². The van der Waals surface area contributed by atoms with Gasteiger partial charge in [-0.15, -0.1) is 0 Å². The molecule has 4 heterocycles.